The molecule has 0 aromatic carbocycles. The molecule has 1 amide bonds. The Morgan fingerprint density at radius 2 is 2.00 bits per heavy atom. The first-order valence-corrected chi connectivity index (χ1v) is 9.41. The first-order valence-electron chi connectivity index (χ1n) is 9.41. The van der Waals surface area contributed by atoms with Gasteiger partial charge in [0.05, 0.1) is 24.3 Å². The van der Waals surface area contributed by atoms with Crippen molar-refractivity contribution in [1.82, 2.24) is 24.4 Å². The molecular formula is C20H23N5O2. The normalized spacial score (nSPS) is 15.2. The highest BCUT2D eigenvalue weighted by Crippen LogP contribution is 2.24. The number of amides is 1. The van der Waals surface area contributed by atoms with E-state index >= 15 is 0 Å². The monoisotopic (exact) mass is 365 g/mol. The molecule has 1 saturated heterocycles. The molecule has 0 atom stereocenters. The van der Waals surface area contributed by atoms with Gasteiger partial charge in [-0.05, 0) is 18.6 Å². The lowest BCUT2D eigenvalue weighted by Crippen LogP contribution is -2.41. The minimum absolute atomic E-state index is 0.125. The van der Waals surface area contributed by atoms with Gasteiger partial charge in [0.1, 0.15) is 23.8 Å². The molecule has 0 unspecified atom stereocenters. The van der Waals surface area contributed by atoms with Crippen molar-refractivity contribution in [3.8, 4) is 11.4 Å². The third kappa shape index (κ3) is 3.77. The van der Waals surface area contributed by atoms with Crippen LogP contribution in [0.3, 0.4) is 0 Å². The summed E-state index contributed by atoms with van der Waals surface area (Å²) in [6.07, 6.45) is 12.1. The van der Waals surface area contributed by atoms with E-state index in [0.29, 0.717) is 6.42 Å². The van der Waals surface area contributed by atoms with Crippen LogP contribution in [0.4, 0.5) is 0 Å². The number of piperidine rings is 1. The van der Waals surface area contributed by atoms with Crippen LogP contribution in [-0.2, 0) is 4.79 Å². The Kier molecular flexibility index (Phi) is 5.00. The summed E-state index contributed by atoms with van der Waals surface area (Å²) in [5.41, 5.74) is 1.72. The summed E-state index contributed by atoms with van der Waals surface area (Å²) in [5.74, 6) is 1.02. The van der Waals surface area contributed by atoms with Crippen molar-refractivity contribution in [1.29, 1.82) is 0 Å². The van der Waals surface area contributed by atoms with E-state index in [0.717, 1.165) is 54.8 Å². The van der Waals surface area contributed by atoms with Gasteiger partial charge in [0.25, 0.3) is 0 Å². The summed E-state index contributed by atoms with van der Waals surface area (Å²) >= 11 is 0. The molecule has 0 saturated carbocycles. The molecule has 140 valence electrons. The minimum atomic E-state index is 0.125. The van der Waals surface area contributed by atoms with Gasteiger partial charge < -0.3 is 9.64 Å². The van der Waals surface area contributed by atoms with Crippen LogP contribution in [0.1, 0.15) is 32.6 Å². The first kappa shape index (κ1) is 17.5. The molecule has 4 heterocycles. The van der Waals surface area contributed by atoms with E-state index in [4.69, 9.17) is 4.74 Å². The van der Waals surface area contributed by atoms with Crippen molar-refractivity contribution in [2.75, 3.05) is 13.1 Å². The molecule has 7 nitrogen and oxygen atoms in total. The molecule has 0 bridgehead atoms. The minimum Gasteiger partial charge on any atom is -0.489 e. The van der Waals surface area contributed by atoms with Gasteiger partial charge in [0.15, 0.2) is 0 Å². The number of likely N-dealkylation sites (tertiary alicyclic amines) is 1. The SMILES string of the molecule is CCCC(=O)N1CCC(Oc2cnc3c(ccn3-c3cncnc3)c2)CC1. The molecule has 4 rings (SSSR count). The molecule has 0 radical (unpaired) electrons. The molecule has 3 aromatic heterocycles. The number of aromatic nitrogens is 4. The maximum Gasteiger partial charge on any atom is 0.222 e. The van der Waals surface area contributed by atoms with E-state index in [9.17, 15) is 4.79 Å². The van der Waals surface area contributed by atoms with E-state index in [1.165, 1.54) is 6.33 Å². The van der Waals surface area contributed by atoms with Gasteiger partial charge in [-0.2, -0.15) is 0 Å². The van der Waals surface area contributed by atoms with Crippen LogP contribution < -0.4 is 4.74 Å². The molecule has 1 aliphatic heterocycles. The van der Waals surface area contributed by atoms with Crippen molar-refractivity contribution in [2.45, 2.75) is 38.7 Å². The number of rotatable bonds is 5. The van der Waals surface area contributed by atoms with Gasteiger partial charge in [0, 0.05) is 43.9 Å². The van der Waals surface area contributed by atoms with Gasteiger partial charge in [-0.1, -0.05) is 6.92 Å². The van der Waals surface area contributed by atoms with Gasteiger partial charge in [0.2, 0.25) is 5.91 Å². The standard InChI is InChI=1S/C20H23N5O2/c1-2-3-19(26)24-7-5-17(6-8-24)27-18-10-15-4-9-25(20(15)23-13-18)16-11-21-14-22-12-16/h4,9-14,17H,2-3,5-8H2,1H3. The first-order chi connectivity index (χ1) is 13.2. The van der Waals surface area contributed by atoms with Crippen LogP contribution in [0, 0.1) is 0 Å². The summed E-state index contributed by atoms with van der Waals surface area (Å²) in [4.78, 5) is 26.6. The molecule has 1 fully saturated rings. The van der Waals surface area contributed by atoms with Crippen molar-refractivity contribution in [2.24, 2.45) is 0 Å². The summed E-state index contributed by atoms with van der Waals surface area (Å²) in [5, 5.41) is 1.01. The van der Waals surface area contributed by atoms with E-state index in [-0.39, 0.29) is 12.0 Å². The molecule has 7 heteroatoms. The molecule has 3 aromatic rings. The summed E-state index contributed by atoms with van der Waals surface area (Å²) in [6.45, 7) is 3.57. The third-order valence-corrected chi connectivity index (χ3v) is 4.89. The Balaban J connectivity index is 1.43. The maximum absolute atomic E-state index is 12.0. The van der Waals surface area contributed by atoms with Crippen LogP contribution in [0.2, 0.25) is 0 Å². The smallest absolute Gasteiger partial charge is 0.222 e. The fourth-order valence-corrected chi connectivity index (χ4v) is 3.48. The van der Waals surface area contributed by atoms with Crippen LogP contribution in [0.15, 0.2) is 43.2 Å². The van der Waals surface area contributed by atoms with Gasteiger partial charge in [-0.15, -0.1) is 0 Å². The Bertz CT molecular complexity index is 917. The molecular weight excluding hydrogens is 342 g/mol. The summed E-state index contributed by atoms with van der Waals surface area (Å²) in [7, 11) is 0. The van der Waals surface area contributed by atoms with E-state index in [1.54, 1.807) is 18.6 Å². The Hall–Kier alpha value is -2.96. The number of hydrogen-bond donors (Lipinski definition) is 0. The highest BCUT2D eigenvalue weighted by Gasteiger charge is 2.23. The summed E-state index contributed by atoms with van der Waals surface area (Å²) < 4.78 is 8.09. The summed E-state index contributed by atoms with van der Waals surface area (Å²) in [6, 6.07) is 4.02. The molecule has 0 spiro atoms. The number of fused-ring (bicyclic) bond motifs is 1. The van der Waals surface area contributed by atoms with E-state index < -0.39 is 0 Å². The van der Waals surface area contributed by atoms with E-state index in [1.807, 2.05) is 34.7 Å². The van der Waals surface area contributed by atoms with Crippen molar-refractivity contribution >= 4 is 16.9 Å². The molecule has 0 N–H and O–H groups in total. The van der Waals surface area contributed by atoms with Crippen LogP contribution in [0.25, 0.3) is 16.7 Å². The molecule has 1 aliphatic rings. The number of carbonyl (C=O) groups is 1. The highest BCUT2D eigenvalue weighted by molar-refractivity contribution is 5.79. The average molecular weight is 365 g/mol. The Morgan fingerprint density at radius 1 is 1.22 bits per heavy atom. The largest absolute Gasteiger partial charge is 0.489 e. The predicted octanol–water partition coefficient (Wildman–Crippen LogP) is 2.99. The van der Waals surface area contributed by atoms with Crippen LogP contribution in [0.5, 0.6) is 5.75 Å². The zero-order valence-corrected chi connectivity index (χ0v) is 15.4. The van der Waals surface area contributed by atoms with Crippen molar-refractivity contribution < 1.29 is 9.53 Å². The lowest BCUT2D eigenvalue weighted by atomic mass is 10.1. The number of hydrogen-bond acceptors (Lipinski definition) is 5. The van der Waals surface area contributed by atoms with Gasteiger partial charge in [-0.25, -0.2) is 15.0 Å². The van der Waals surface area contributed by atoms with Crippen LogP contribution in [-0.4, -0.2) is 49.5 Å². The highest BCUT2D eigenvalue weighted by atomic mass is 16.5. The number of nitrogens with zero attached hydrogens (tertiary/aromatic N) is 5. The van der Waals surface area contributed by atoms with Gasteiger partial charge >= 0.3 is 0 Å². The van der Waals surface area contributed by atoms with E-state index in [2.05, 4.69) is 15.0 Å². The number of pyridine rings is 1. The second-order valence-corrected chi connectivity index (χ2v) is 6.81. The predicted molar refractivity (Wildman–Crippen MR) is 102 cm³/mol. The number of ether oxygens (including phenoxy) is 1. The second kappa shape index (κ2) is 7.73. The number of carbonyl (C=O) groups excluding carboxylic acids is 1. The quantitative estimate of drug-likeness (QED) is 0.695. The third-order valence-electron chi connectivity index (χ3n) is 4.89. The Morgan fingerprint density at radius 3 is 2.74 bits per heavy atom. The lowest BCUT2D eigenvalue weighted by Gasteiger charge is -2.32. The van der Waals surface area contributed by atoms with Gasteiger partial charge in [-0.3, -0.25) is 9.36 Å². The van der Waals surface area contributed by atoms with Crippen LogP contribution >= 0.6 is 0 Å². The maximum atomic E-state index is 12.0. The fourth-order valence-electron chi connectivity index (χ4n) is 3.48. The zero-order chi connectivity index (χ0) is 18.6. The molecule has 0 aliphatic carbocycles. The second-order valence-electron chi connectivity index (χ2n) is 6.81. The fraction of sp³-hybridized carbons (Fsp3) is 0.400. The van der Waals surface area contributed by atoms with Crippen molar-refractivity contribution in [3.05, 3.63) is 43.2 Å². The zero-order valence-electron chi connectivity index (χ0n) is 15.4. The lowest BCUT2D eigenvalue weighted by molar-refractivity contribution is -0.133. The Labute approximate surface area is 158 Å². The molecule has 27 heavy (non-hydrogen) atoms. The van der Waals surface area contributed by atoms with Crippen molar-refractivity contribution in [3.63, 3.8) is 0 Å². The topological polar surface area (TPSA) is 73.1 Å². The average Bonchev–Trinajstić information content (AvgIpc) is 3.13.